The van der Waals surface area contributed by atoms with Crippen molar-refractivity contribution in [2.24, 2.45) is 0 Å². The maximum absolute atomic E-state index is 13.9. The normalized spacial score (nSPS) is 12.0. The van der Waals surface area contributed by atoms with Crippen molar-refractivity contribution >= 4 is 40.8 Å². The van der Waals surface area contributed by atoms with Gasteiger partial charge in [0.1, 0.15) is 11.6 Å². The van der Waals surface area contributed by atoms with E-state index in [1.807, 2.05) is 59.3 Å². The van der Waals surface area contributed by atoms with Crippen molar-refractivity contribution in [3.05, 3.63) is 80.7 Å². The van der Waals surface area contributed by atoms with Crippen molar-refractivity contribution < 1.29 is 24.2 Å². The number of carbonyl (C=O) groups excluding carboxylic acids is 2. The predicted molar refractivity (Wildman–Crippen MR) is 160 cm³/mol. The van der Waals surface area contributed by atoms with Gasteiger partial charge in [0.2, 0.25) is 5.91 Å². The van der Waals surface area contributed by atoms with E-state index >= 15 is 0 Å². The van der Waals surface area contributed by atoms with Gasteiger partial charge in [-0.1, -0.05) is 42.5 Å². The lowest BCUT2D eigenvalue weighted by Gasteiger charge is -2.29. The van der Waals surface area contributed by atoms with Crippen LogP contribution in [-0.2, 0) is 29.0 Å². The fourth-order valence-corrected chi connectivity index (χ4v) is 5.60. The van der Waals surface area contributed by atoms with Gasteiger partial charge < -0.3 is 25.0 Å². The molecule has 0 spiro atoms. The first-order chi connectivity index (χ1) is 19.1. The smallest absolute Gasteiger partial charge is 0.408 e. The van der Waals surface area contributed by atoms with Crippen LogP contribution in [0.25, 0.3) is 0 Å². The molecule has 3 amide bonds. The molecule has 1 atom stereocenters. The fourth-order valence-electron chi connectivity index (χ4n) is 4.18. The molecule has 1 aromatic carbocycles. The van der Waals surface area contributed by atoms with Gasteiger partial charge >= 0.3 is 12.2 Å². The number of nitrogens with zero attached hydrogens (tertiary/aromatic N) is 2. The zero-order valence-corrected chi connectivity index (χ0v) is 25.0. The molecule has 10 heteroatoms. The Kier molecular flexibility index (Phi) is 12.0. The average molecular weight is 586 g/mol. The summed E-state index contributed by atoms with van der Waals surface area (Å²) in [5.41, 5.74) is 0.215. The Morgan fingerprint density at radius 1 is 0.875 bits per heavy atom. The number of unbranched alkanes of at least 4 members (excludes halogenated alkanes) is 1. The summed E-state index contributed by atoms with van der Waals surface area (Å²) in [6.07, 6.45) is 0.579. The van der Waals surface area contributed by atoms with Crippen LogP contribution in [0.3, 0.4) is 0 Å². The van der Waals surface area contributed by atoms with Crippen LogP contribution < -0.4 is 5.32 Å². The van der Waals surface area contributed by atoms with Crippen LogP contribution in [0.2, 0.25) is 0 Å². The summed E-state index contributed by atoms with van der Waals surface area (Å²) < 4.78 is 5.46. The van der Waals surface area contributed by atoms with Crippen molar-refractivity contribution in [1.29, 1.82) is 0 Å². The molecular formula is C30H39N3O5S2. The number of hydrogen-bond acceptors (Lipinski definition) is 6. The maximum atomic E-state index is 13.9. The minimum absolute atomic E-state index is 0.171. The molecule has 3 aromatic rings. The second-order valence-electron chi connectivity index (χ2n) is 10.6. The molecule has 0 saturated carbocycles. The minimum Gasteiger partial charge on any atom is -0.465 e. The molecule has 0 aliphatic heterocycles. The Hall–Kier alpha value is -3.37. The Balaban J connectivity index is 1.67. The molecule has 216 valence electrons. The standard InChI is InChI=1S/C30H39N3O5S2/c1-30(2,3)38-28(35)31-26(15-7-8-17-33(29(36)37)21-23-11-5-4-6-12-23)27(34)32(22-25-14-10-20-40-25)18-16-24-13-9-19-39-24/h4-6,9-14,19-20,26H,7-8,15-18,21-22H2,1-3H3,(H,31,35)(H,36,37)/t26-/m0/s1. The van der Waals surface area contributed by atoms with Crippen LogP contribution in [0.5, 0.6) is 0 Å². The highest BCUT2D eigenvalue weighted by Crippen LogP contribution is 2.18. The Morgan fingerprint density at radius 2 is 1.55 bits per heavy atom. The summed E-state index contributed by atoms with van der Waals surface area (Å²) >= 11 is 3.24. The molecule has 0 radical (unpaired) electrons. The second kappa shape index (κ2) is 15.4. The first kappa shape index (κ1) is 31.2. The average Bonchev–Trinajstić information content (AvgIpc) is 3.61. The quantitative estimate of drug-likeness (QED) is 0.207. The molecule has 0 aliphatic rings. The fraction of sp³-hybridized carbons (Fsp3) is 0.433. The summed E-state index contributed by atoms with van der Waals surface area (Å²) in [7, 11) is 0. The molecule has 40 heavy (non-hydrogen) atoms. The van der Waals surface area contributed by atoms with E-state index in [1.165, 1.54) is 9.78 Å². The van der Waals surface area contributed by atoms with Crippen molar-refractivity contribution in [1.82, 2.24) is 15.1 Å². The number of carboxylic acid groups (broad SMARTS) is 1. The summed E-state index contributed by atoms with van der Waals surface area (Å²) in [4.78, 5) is 43.8. The van der Waals surface area contributed by atoms with Crippen LogP contribution in [-0.4, -0.2) is 57.7 Å². The first-order valence-electron chi connectivity index (χ1n) is 13.5. The first-order valence-corrected chi connectivity index (χ1v) is 15.2. The number of ether oxygens (including phenoxy) is 1. The monoisotopic (exact) mass is 585 g/mol. The maximum Gasteiger partial charge on any atom is 0.408 e. The Labute approximate surface area is 244 Å². The Bertz CT molecular complexity index is 1180. The van der Waals surface area contributed by atoms with Gasteiger partial charge in [0.15, 0.2) is 0 Å². The van der Waals surface area contributed by atoms with Gasteiger partial charge in [-0.3, -0.25) is 4.79 Å². The second-order valence-corrected chi connectivity index (χ2v) is 12.6. The van der Waals surface area contributed by atoms with Gasteiger partial charge in [0, 0.05) is 29.4 Å². The van der Waals surface area contributed by atoms with Crippen molar-refractivity contribution in [2.75, 3.05) is 13.1 Å². The summed E-state index contributed by atoms with van der Waals surface area (Å²) in [6, 6.07) is 16.7. The zero-order chi connectivity index (χ0) is 29.0. The highest BCUT2D eigenvalue weighted by Gasteiger charge is 2.28. The van der Waals surface area contributed by atoms with Gasteiger partial charge in [-0.2, -0.15) is 0 Å². The van der Waals surface area contributed by atoms with E-state index in [0.717, 1.165) is 16.9 Å². The van der Waals surface area contributed by atoms with Crippen molar-refractivity contribution in [2.45, 2.75) is 71.2 Å². The van der Waals surface area contributed by atoms with Gasteiger partial charge in [0.25, 0.3) is 0 Å². The molecule has 0 fully saturated rings. The highest BCUT2D eigenvalue weighted by molar-refractivity contribution is 7.10. The summed E-state index contributed by atoms with van der Waals surface area (Å²) in [6.45, 7) is 6.94. The molecule has 2 heterocycles. The number of carbonyl (C=O) groups is 3. The van der Waals surface area contributed by atoms with Crippen LogP contribution in [0, 0.1) is 0 Å². The summed E-state index contributed by atoms with van der Waals surface area (Å²) in [5, 5.41) is 16.5. The molecule has 0 aliphatic carbocycles. The molecule has 0 unspecified atom stereocenters. The predicted octanol–water partition coefficient (Wildman–Crippen LogP) is 6.62. The van der Waals surface area contributed by atoms with E-state index in [1.54, 1.807) is 48.3 Å². The van der Waals surface area contributed by atoms with Crippen molar-refractivity contribution in [3.63, 3.8) is 0 Å². The summed E-state index contributed by atoms with van der Waals surface area (Å²) in [5.74, 6) is -0.171. The van der Waals surface area contributed by atoms with E-state index in [4.69, 9.17) is 4.74 Å². The van der Waals surface area contributed by atoms with E-state index < -0.39 is 23.8 Å². The highest BCUT2D eigenvalue weighted by atomic mass is 32.1. The third kappa shape index (κ3) is 11.0. The van der Waals surface area contributed by atoms with E-state index in [0.29, 0.717) is 45.4 Å². The van der Waals surface area contributed by atoms with E-state index in [9.17, 15) is 19.5 Å². The molecule has 2 aromatic heterocycles. The van der Waals surface area contributed by atoms with Crippen LogP contribution in [0.1, 0.15) is 55.4 Å². The van der Waals surface area contributed by atoms with Gasteiger partial charge in [0.05, 0.1) is 6.54 Å². The lowest BCUT2D eigenvalue weighted by atomic mass is 10.1. The molecular weight excluding hydrogens is 546 g/mol. The van der Waals surface area contributed by atoms with E-state index in [2.05, 4.69) is 11.4 Å². The zero-order valence-electron chi connectivity index (χ0n) is 23.4. The number of benzene rings is 1. The molecule has 0 bridgehead atoms. The van der Waals surface area contributed by atoms with Gasteiger partial charge in [-0.25, -0.2) is 9.59 Å². The Morgan fingerprint density at radius 3 is 2.15 bits per heavy atom. The third-order valence-electron chi connectivity index (χ3n) is 6.09. The van der Waals surface area contributed by atoms with Crippen LogP contribution in [0.4, 0.5) is 9.59 Å². The minimum atomic E-state index is -0.987. The lowest BCUT2D eigenvalue weighted by molar-refractivity contribution is -0.134. The third-order valence-corrected chi connectivity index (χ3v) is 7.89. The van der Waals surface area contributed by atoms with Gasteiger partial charge in [-0.05, 0) is 74.9 Å². The molecule has 0 saturated heterocycles. The number of alkyl carbamates (subject to hydrolysis) is 1. The SMILES string of the molecule is CC(C)(C)OC(=O)N[C@@H](CCCCN(Cc1ccccc1)C(=O)O)C(=O)N(CCc1cccs1)Cc1cccs1. The van der Waals surface area contributed by atoms with Crippen LogP contribution in [0.15, 0.2) is 65.4 Å². The topological polar surface area (TPSA) is 99.2 Å². The number of thiophene rings is 2. The van der Waals surface area contributed by atoms with Gasteiger partial charge in [-0.15, -0.1) is 22.7 Å². The van der Waals surface area contributed by atoms with Crippen molar-refractivity contribution in [3.8, 4) is 0 Å². The number of rotatable bonds is 14. The molecule has 3 rings (SSSR count). The number of hydrogen-bond donors (Lipinski definition) is 2. The lowest BCUT2D eigenvalue weighted by Crippen LogP contribution is -2.50. The van der Waals surface area contributed by atoms with E-state index in [-0.39, 0.29) is 5.91 Å². The molecule has 8 nitrogen and oxygen atoms in total. The number of amides is 3. The van der Waals surface area contributed by atoms with Crippen LogP contribution >= 0.6 is 22.7 Å². The largest absolute Gasteiger partial charge is 0.465 e. The number of nitrogens with one attached hydrogen (secondary N) is 1. The molecule has 2 N–H and O–H groups in total.